The van der Waals surface area contributed by atoms with Crippen LogP contribution in [0.25, 0.3) is 6.08 Å². The number of hydrogen-bond donors (Lipinski definition) is 1. The van der Waals surface area contributed by atoms with Gasteiger partial charge < -0.3 is 9.47 Å². The van der Waals surface area contributed by atoms with E-state index in [1.165, 1.54) is 20.4 Å². The second-order valence-electron chi connectivity index (χ2n) is 4.71. The van der Waals surface area contributed by atoms with Gasteiger partial charge in [0.15, 0.2) is 11.5 Å². The summed E-state index contributed by atoms with van der Waals surface area (Å²) in [5.41, 5.74) is 3.75. The number of rotatable bonds is 6. The molecule has 0 aromatic heterocycles. The van der Waals surface area contributed by atoms with E-state index in [1.54, 1.807) is 24.3 Å². The Hall–Kier alpha value is -2.79. The Balaban J connectivity index is 2.01. The molecule has 0 aliphatic heterocycles. The van der Waals surface area contributed by atoms with E-state index in [-0.39, 0.29) is 5.91 Å². The van der Waals surface area contributed by atoms with Crippen molar-refractivity contribution in [2.75, 3.05) is 14.2 Å². The summed E-state index contributed by atoms with van der Waals surface area (Å²) in [5, 5.41) is 4.24. The fourth-order valence-electron chi connectivity index (χ4n) is 1.94. The van der Waals surface area contributed by atoms with E-state index in [4.69, 9.17) is 21.1 Å². The molecule has 24 heavy (non-hydrogen) atoms. The molecule has 0 spiro atoms. The zero-order chi connectivity index (χ0) is 17.4. The van der Waals surface area contributed by atoms with Crippen LogP contribution < -0.4 is 14.9 Å². The first-order valence-electron chi connectivity index (χ1n) is 7.11. The third-order valence-corrected chi connectivity index (χ3v) is 3.31. The van der Waals surface area contributed by atoms with Crippen LogP contribution in [0.5, 0.6) is 11.5 Å². The van der Waals surface area contributed by atoms with Crippen molar-refractivity contribution in [3.63, 3.8) is 0 Å². The summed E-state index contributed by atoms with van der Waals surface area (Å²) in [4.78, 5) is 12.1. The normalized spacial score (nSPS) is 11.4. The van der Waals surface area contributed by atoms with E-state index in [0.29, 0.717) is 22.1 Å². The van der Waals surface area contributed by atoms with Gasteiger partial charge in [-0.1, -0.05) is 41.9 Å². The molecule has 0 saturated heterocycles. The predicted molar refractivity (Wildman–Crippen MR) is 95.8 cm³/mol. The van der Waals surface area contributed by atoms with Crippen LogP contribution in [0.15, 0.2) is 58.7 Å². The van der Waals surface area contributed by atoms with Crippen LogP contribution in [0.3, 0.4) is 0 Å². The number of nitrogens with zero attached hydrogens (tertiary/aromatic N) is 1. The maximum atomic E-state index is 12.1. The third kappa shape index (κ3) is 4.86. The monoisotopic (exact) mass is 344 g/mol. The highest BCUT2D eigenvalue weighted by Crippen LogP contribution is 2.27. The van der Waals surface area contributed by atoms with E-state index >= 15 is 0 Å². The molecule has 0 heterocycles. The van der Waals surface area contributed by atoms with E-state index in [2.05, 4.69) is 10.5 Å². The van der Waals surface area contributed by atoms with E-state index in [1.807, 2.05) is 30.3 Å². The number of benzene rings is 2. The van der Waals surface area contributed by atoms with Crippen molar-refractivity contribution in [3.8, 4) is 11.5 Å². The number of ether oxygens (including phenoxy) is 2. The number of carbonyl (C=O) groups is 1. The zero-order valence-electron chi connectivity index (χ0n) is 13.3. The van der Waals surface area contributed by atoms with Crippen molar-refractivity contribution in [2.45, 2.75) is 0 Å². The molecule has 0 saturated carbocycles. The van der Waals surface area contributed by atoms with Gasteiger partial charge in [-0.05, 0) is 29.8 Å². The van der Waals surface area contributed by atoms with Gasteiger partial charge in [-0.2, -0.15) is 5.10 Å². The quantitative estimate of drug-likeness (QED) is 0.642. The fraction of sp³-hybridized carbons (Fsp3) is 0.111. The van der Waals surface area contributed by atoms with Crippen molar-refractivity contribution in [3.05, 3.63) is 64.7 Å². The molecule has 124 valence electrons. The number of nitrogens with one attached hydrogen (secondary N) is 1. The van der Waals surface area contributed by atoms with Crippen LogP contribution in [0.2, 0.25) is 0 Å². The lowest BCUT2D eigenvalue weighted by atomic mass is 10.2. The molecule has 0 atom stereocenters. The molecule has 0 radical (unpaired) electrons. The number of halogens is 1. The average Bonchev–Trinajstić information content (AvgIpc) is 2.61. The van der Waals surface area contributed by atoms with Gasteiger partial charge in [-0.3, -0.25) is 4.79 Å². The molecule has 1 N–H and O–H groups in total. The first kappa shape index (κ1) is 17.6. The Kier molecular flexibility index (Phi) is 6.40. The second kappa shape index (κ2) is 8.74. The highest BCUT2D eigenvalue weighted by Gasteiger charge is 2.09. The molecular weight excluding hydrogens is 328 g/mol. The van der Waals surface area contributed by atoms with Gasteiger partial charge in [0.1, 0.15) is 0 Å². The Morgan fingerprint density at radius 1 is 1.08 bits per heavy atom. The summed E-state index contributed by atoms with van der Waals surface area (Å²) in [7, 11) is 3.04. The van der Waals surface area contributed by atoms with Gasteiger partial charge in [0.25, 0.3) is 5.91 Å². The van der Waals surface area contributed by atoms with Gasteiger partial charge in [-0.25, -0.2) is 5.43 Å². The van der Waals surface area contributed by atoms with E-state index in [9.17, 15) is 4.79 Å². The van der Waals surface area contributed by atoms with Crippen molar-refractivity contribution >= 4 is 29.8 Å². The smallest absolute Gasteiger partial charge is 0.271 e. The largest absolute Gasteiger partial charge is 0.493 e. The van der Waals surface area contributed by atoms with Crippen molar-refractivity contribution in [1.29, 1.82) is 0 Å². The molecule has 2 rings (SSSR count). The summed E-state index contributed by atoms with van der Waals surface area (Å²) in [6, 6.07) is 14.4. The molecule has 2 aromatic rings. The topological polar surface area (TPSA) is 59.9 Å². The number of hydrazone groups is 1. The number of amides is 1. The van der Waals surface area contributed by atoms with Gasteiger partial charge in [0.2, 0.25) is 0 Å². The van der Waals surface area contributed by atoms with Crippen molar-refractivity contribution < 1.29 is 14.3 Å². The molecule has 0 aliphatic carbocycles. The zero-order valence-corrected chi connectivity index (χ0v) is 14.1. The highest BCUT2D eigenvalue weighted by molar-refractivity contribution is 6.41. The highest BCUT2D eigenvalue weighted by atomic mass is 35.5. The Bertz CT molecular complexity index is 758. The lowest BCUT2D eigenvalue weighted by Gasteiger charge is -2.08. The predicted octanol–water partition coefficient (Wildman–Crippen LogP) is 3.70. The SMILES string of the molecule is COc1ccc(C(=O)N/N=C/C(Cl)=C/c2ccccc2)cc1OC. The Morgan fingerprint density at radius 3 is 2.46 bits per heavy atom. The van der Waals surface area contributed by atoms with Crippen LogP contribution in [-0.4, -0.2) is 26.3 Å². The minimum Gasteiger partial charge on any atom is -0.493 e. The number of methoxy groups -OCH3 is 2. The van der Waals surface area contributed by atoms with Crippen LogP contribution in [0.1, 0.15) is 15.9 Å². The Morgan fingerprint density at radius 2 is 1.79 bits per heavy atom. The third-order valence-electron chi connectivity index (χ3n) is 3.10. The summed E-state index contributed by atoms with van der Waals surface area (Å²) in [6.45, 7) is 0. The molecule has 1 amide bonds. The van der Waals surface area contributed by atoms with E-state index in [0.717, 1.165) is 5.56 Å². The average molecular weight is 345 g/mol. The summed E-state index contributed by atoms with van der Waals surface area (Å²) >= 11 is 6.06. The second-order valence-corrected chi connectivity index (χ2v) is 5.15. The molecule has 6 heteroatoms. The molecule has 0 fully saturated rings. The fourth-order valence-corrected chi connectivity index (χ4v) is 2.12. The maximum absolute atomic E-state index is 12.1. The summed E-state index contributed by atoms with van der Waals surface area (Å²) < 4.78 is 10.3. The molecular formula is C18H17ClN2O3. The summed E-state index contributed by atoms with van der Waals surface area (Å²) in [5.74, 6) is 0.638. The van der Waals surface area contributed by atoms with Crippen molar-refractivity contribution in [2.24, 2.45) is 5.10 Å². The van der Waals surface area contributed by atoms with Crippen LogP contribution >= 0.6 is 11.6 Å². The lowest BCUT2D eigenvalue weighted by molar-refractivity contribution is 0.0954. The van der Waals surface area contributed by atoms with Crippen molar-refractivity contribution in [1.82, 2.24) is 5.43 Å². The van der Waals surface area contributed by atoms with Gasteiger partial charge in [-0.15, -0.1) is 0 Å². The first-order valence-corrected chi connectivity index (χ1v) is 7.49. The Labute approximate surface area is 145 Å². The van der Waals surface area contributed by atoms with Gasteiger partial charge in [0.05, 0.1) is 25.5 Å². The maximum Gasteiger partial charge on any atom is 0.271 e. The molecule has 2 aromatic carbocycles. The number of allylic oxidation sites excluding steroid dienone is 1. The standard InChI is InChI=1S/C18H17ClN2O3/c1-23-16-9-8-14(11-17(16)24-2)18(22)21-20-12-15(19)10-13-6-4-3-5-7-13/h3-12H,1-2H3,(H,21,22)/b15-10-,20-12+. The number of hydrogen-bond acceptors (Lipinski definition) is 4. The molecule has 0 aliphatic rings. The summed E-state index contributed by atoms with van der Waals surface area (Å²) in [6.07, 6.45) is 3.11. The van der Waals surface area contributed by atoms with Crippen LogP contribution in [0.4, 0.5) is 0 Å². The minimum atomic E-state index is -0.378. The van der Waals surface area contributed by atoms with Crippen LogP contribution in [-0.2, 0) is 0 Å². The first-order chi connectivity index (χ1) is 11.6. The van der Waals surface area contributed by atoms with Gasteiger partial charge in [0, 0.05) is 5.56 Å². The van der Waals surface area contributed by atoms with Gasteiger partial charge >= 0.3 is 0 Å². The molecule has 0 bridgehead atoms. The molecule has 5 nitrogen and oxygen atoms in total. The van der Waals surface area contributed by atoms with E-state index < -0.39 is 0 Å². The minimum absolute atomic E-state index is 0.378. The molecule has 0 unspecified atom stereocenters. The number of carbonyl (C=O) groups excluding carboxylic acids is 1. The van der Waals surface area contributed by atoms with Crippen LogP contribution in [0, 0.1) is 0 Å². The lowest BCUT2D eigenvalue weighted by Crippen LogP contribution is -2.17.